The lowest BCUT2D eigenvalue weighted by atomic mass is 10.1. The summed E-state index contributed by atoms with van der Waals surface area (Å²) in [6, 6.07) is 1.58. The molecule has 4 aromatic rings. The lowest BCUT2D eigenvalue weighted by Crippen LogP contribution is -2.32. The molecule has 6 N–H and O–H groups in total. The fourth-order valence-corrected chi connectivity index (χ4v) is 7.55. The van der Waals surface area contributed by atoms with E-state index in [4.69, 9.17) is 34.5 Å². The number of imidazole rings is 1. The van der Waals surface area contributed by atoms with Gasteiger partial charge >= 0.3 is 6.80 Å². The summed E-state index contributed by atoms with van der Waals surface area (Å²) in [5, 5.41) is 10.2. The van der Waals surface area contributed by atoms with E-state index in [0.717, 1.165) is 0 Å². The van der Waals surface area contributed by atoms with Gasteiger partial charge in [-0.05, 0) is 6.07 Å². The van der Waals surface area contributed by atoms with E-state index in [1.165, 1.54) is 28.0 Å². The molecule has 6 heterocycles. The van der Waals surface area contributed by atoms with Crippen LogP contribution in [0.2, 0.25) is 0 Å². The number of aliphatic hydroxyl groups excluding tert-OH is 1. The standard InChI is InChI=1S/C21H26FN9O9P2S2/c22-12-14(39-41(34)43)11(38-20(12)30-2-1-9-15(23)25-6-26-16(9)30)5-36-42(35,44)40-10-3-8(4-32)37-19(10)31-7-27-13-17(31)28-21(24)29-18(13)33/h1-2,6-8,10-12,14,19-20,32,41H,3-5H2,(H,34,43)(H,35,44)(H2,23,25,26)(H3,24,28,29,33)/t8-,10+,11+,12-,14+,19+,20+,42?/m0/s1. The molecule has 0 spiro atoms. The van der Waals surface area contributed by atoms with Crippen molar-refractivity contribution in [3.63, 3.8) is 0 Å². The minimum atomic E-state index is -4.26. The SMILES string of the molecule is Nc1nc2c(ncn2[C@@H]2O[C@H](CO)C[C@H]2OP(=O)(S)OC[C@H]2O[C@@H](n3ccc4c(N)ncnc43)[C@@H](F)[C@@H]2O[PH](=O)S)c(=O)[nH]1. The van der Waals surface area contributed by atoms with Crippen LogP contribution in [0.5, 0.6) is 0 Å². The molecule has 4 aromatic heterocycles. The molecule has 238 valence electrons. The summed E-state index contributed by atoms with van der Waals surface area (Å²) in [5.74, 6) is 0.00261. The topological polar surface area (TPSA) is 247 Å². The molecule has 0 aromatic carbocycles. The van der Waals surface area contributed by atoms with Crippen LogP contribution in [-0.4, -0.2) is 83.0 Å². The van der Waals surface area contributed by atoms with Gasteiger partial charge in [0.25, 0.3) is 5.56 Å². The number of hydrogen-bond acceptors (Lipinski definition) is 15. The molecule has 0 amide bonds. The fraction of sp³-hybridized carbons (Fsp3) is 0.476. The van der Waals surface area contributed by atoms with Gasteiger partial charge in [-0.25, -0.2) is 23.9 Å². The van der Waals surface area contributed by atoms with Gasteiger partial charge in [0.2, 0.25) is 13.2 Å². The molecule has 0 radical (unpaired) electrons. The van der Waals surface area contributed by atoms with Crippen LogP contribution >= 0.6 is 38.5 Å². The monoisotopic (exact) mass is 693 g/mol. The molecule has 2 fully saturated rings. The number of H-pyrrole nitrogens is 1. The number of nitrogens with zero attached hydrogens (tertiary/aromatic N) is 6. The number of thiol groups is 2. The van der Waals surface area contributed by atoms with Crippen molar-refractivity contribution in [2.45, 2.75) is 49.5 Å². The van der Waals surface area contributed by atoms with Crippen LogP contribution in [0.25, 0.3) is 22.2 Å². The molecule has 23 heteroatoms. The highest BCUT2D eigenvalue weighted by molar-refractivity contribution is 8.44. The zero-order valence-electron chi connectivity index (χ0n) is 22.2. The Bertz CT molecular complexity index is 1830. The van der Waals surface area contributed by atoms with Gasteiger partial charge in [0.05, 0.1) is 31.0 Å². The minimum Gasteiger partial charge on any atom is -0.394 e. The van der Waals surface area contributed by atoms with Crippen molar-refractivity contribution in [2.24, 2.45) is 0 Å². The molecule has 9 atom stereocenters. The van der Waals surface area contributed by atoms with E-state index >= 15 is 4.39 Å². The van der Waals surface area contributed by atoms with Crippen molar-refractivity contribution in [1.82, 2.24) is 34.1 Å². The molecule has 2 saturated heterocycles. The highest BCUT2D eigenvalue weighted by Gasteiger charge is 2.49. The van der Waals surface area contributed by atoms with Crippen LogP contribution in [0, 0.1) is 0 Å². The third-order valence-corrected chi connectivity index (χ3v) is 9.49. The maximum absolute atomic E-state index is 15.7. The van der Waals surface area contributed by atoms with E-state index in [0.29, 0.717) is 5.39 Å². The van der Waals surface area contributed by atoms with E-state index in [2.05, 4.69) is 49.4 Å². The fourth-order valence-electron chi connectivity index (χ4n) is 5.18. The molecular weight excluding hydrogens is 667 g/mol. The molecule has 18 nitrogen and oxygen atoms in total. The highest BCUT2D eigenvalue weighted by atomic mass is 32.7. The first-order valence-electron chi connectivity index (χ1n) is 12.9. The number of alkyl halides is 1. The number of hydrogen-bond donors (Lipinski definition) is 6. The van der Waals surface area contributed by atoms with Gasteiger partial charge in [0.1, 0.15) is 36.1 Å². The maximum atomic E-state index is 15.7. The Balaban J connectivity index is 1.20. The number of anilines is 2. The van der Waals surface area contributed by atoms with Crippen LogP contribution < -0.4 is 17.0 Å². The Morgan fingerprint density at radius 2 is 2.02 bits per heavy atom. The number of rotatable bonds is 10. The second kappa shape index (κ2) is 12.3. The summed E-state index contributed by atoms with van der Waals surface area (Å²) >= 11 is 7.86. The molecule has 2 aliphatic rings. The number of aromatic amines is 1. The van der Waals surface area contributed by atoms with Gasteiger partial charge in [0.15, 0.2) is 29.8 Å². The van der Waals surface area contributed by atoms with Gasteiger partial charge in [0, 0.05) is 12.6 Å². The molecule has 2 unspecified atom stereocenters. The van der Waals surface area contributed by atoms with Gasteiger partial charge in [-0.3, -0.25) is 28.0 Å². The quantitative estimate of drug-likeness (QED) is 0.101. The smallest absolute Gasteiger partial charge is 0.386 e. The van der Waals surface area contributed by atoms with Gasteiger partial charge in [-0.15, -0.1) is 0 Å². The predicted molar refractivity (Wildman–Crippen MR) is 159 cm³/mol. The molecule has 0 aliphatic carbocycles. The zero-order chi connectivity index (χ0) is 31.3. The number of aromatic nitrogens is 7. The van der Waals surface area contributed by atoms with Gasteiger partial charge in [-0.2, -0.15) is 4.98 Å². The van der Waals surface area contributed by atoms with Crippen LogP contribution in [-0.2, 0) is 32.2 Å². The summed E-state index contributed by atoms with van der Waals surface area (Å²) in [5.41, 5.74) is 11.3. The first-order chi connectivity index (χ1) is 21.0. The average Bonchev–Trinajstić information content (AvgIpc) is 3.73. The van der Waals surface area contributed by atoms with Crippen molar-refractivity contribution < 1.29 is 41.7 Å². The van der Waals surface area contributed by atoms with Crippen molar-refractivity contribution in [3.8, 4) is 0 Å². The molecule has 0 bridgehead atoms. The largest absolute Gasteiger partial charge is 0.394 e. The third kappa shape index (κ3) is 6.01. The summed E-state index contributed by atoms with van der Waals surface area (Å²) in [7, 11) is -2.95. The number of nitrogens with one attached hydrogen (secondary N) is 1. The van der Waals surface area contributed by atoms with Crippen LogP contribution in [0.1, 0.15) is 18.9 Å². The Morgan fingerprint density at radius 1 is 1.23 bits per heavy atom. The summed E-state index contributed by atoms with van der Waals surface area (Å²) < 4.78 is 71.9. The first-order valence-corrected chi connectivity index (χ1v) is 18.2. The minimum absolute atomic E-state index is 0.0350. The molecular formula is C21H26FN9O9P2S2. The third-order valence-electron chi connectivity index (χ3n) is 7.06. The van der Waals surface area contributed by atoms with Crippen LogP contribution in [0.15, 0.2) is 29.7 Å². The van der Waals surface area contributed by atoms with Gasteiger partial charge in [-0.1, -0.05) is 24.5 Å². The van der Waals surface area contributed by atoms with E-state index in [-0.39, 0.29) is 35.0 Å². The van der Waals surface area contributed by atoms with Crippen molar-refractivity contribution in [1.29, 1.82) is 0 Å². The Kier molecular flexibility index (Phi) is 8.79. The van der Waals surface area contributed by atoms with E-state index in [9.17, 15) is 19.0 Å². The summed E-state index contributed by atoms with van der Waals surface area (Å²) in [4.78, 5) is 30.8. The zero-order valence-corrected chi connectivity index (χ0v) is 25.9. The number of nitrogens with two attached hydrogens (primary N) is 2. The van der Waals surface area contributed by atoms with Crippen molar-refractivity contribution in [3.05, 3.63) is 35.3 Å². The first kappa shape index (κ1) is 31.4. The second-order valence-electron chi connectivity index (χ2n) is 9.83. The van der Waals surface area contributed by atoms with Crippen LogP contribution in [0.4, 0.5) is 16.2 Å². The predicted octanol–water partition coefficient (Wildman–Crippen LogP) is 1.39. The number of ether oxygens (including phenoxy) is 2. The molecule has 6 rings (SSSR count). The average molecular weight is 694 g/mol. The second-order valence-corrected chi connectivity index (χ2v) is 14.6. The Hall–Kier alpha value is -2.58. The lowest BCUT2D eigenvalue weighted by Gasteiger charge is -2.24. The highest BCUT2D eigenvalue weighted by Crippen LogP contribution is 2.57. The maximum Gasteiger partial charge on any atom is 0.386 e. The van der Waals surface area contributed by atoms with Crippen molar-refractivity contribution in [2.75, 3.05) is 24.7 Å². The number of nitrogen functional groups attached to an aromatic ring is 2. The number of fused-ring (bicyclic) bond motifs is 2. The summed E-state index contributed by atoms with van der Waals surface area (Å²) in [6.45, 7) is -5.23. The van der Waals surface area contributed by atoms with Gasteiger partial charge < -0.3 is 35.1 Å². The summed E-state index contributed by atoms with van der Waals surface area (Å²) in [6.07, 6.45) is -4.73. The number of aliphatic hydroxyl groups is 1. The van der Waals surface area contributed by atoms with E-state index in [1.807, 2.05) is 0 Å². The number of halogens is 1. The Morgan fingerprint density at radius 3 is 2.77 bits per heavy atom. The molecule has 44 heavy (non-hydrogen) atoms. The van der Waals surface area contributed by atoms with Crippen molar-refractivity contribution >= 4 is 72.5 Å². The van der Waals surface area contributed by atoms with E-state index < -0.39 is 75.8 Å². The van der Waals surface area contributed by atoms with Crippen LogP contribution in [0.3, 0.4) is 0 Å². The Labute approximate surface area is 257 Å². The molecule has 2 aliphatic heterocycles. The molecule has 0 saturated carbocycles. The van der Waals surface area contributed by atoms with E-state index in [1.54, 1.807) is 6.07 Å². The lowest BCUT2D eigenvalue weighted by molar-refractivity contribution is -0.0514. The normalized spacial score (nSPS) is 29.4.